The lowest BCUT2D eigenvalue weighted by atomic mass is 10.1. The summed E-state index contributed by atoms with van der Waals surface area (Å²) in [6.07, 6.45) is 4.38. The maximum Gasteiger partial charge on any atom is 0.303 e. The summed E-state index contributed by atoms with van der Waals surface area (Å²) in [6.45, 7) is 3.15. The van der Waals surface area contributed by atoms with Gasteiger partial charge in [0.1, 0.15) is 15.9 Å². The second-order valence-corrected chi connectivity index (χ2v) is 6.46. The third kappa shape index (κ3) is 3.08. The number of likely N-dealkylation sites (tertiary alicyclic amines) is 1. The number of fused-ring (bicyclic) bond motifs is 1. The minimum Gasteiger partial charge on any atom is -0.481 e. The van der Waals surface area contributed by atoms with E-state index in [1.807, 2.05) is 17.5 Å². The molecule has 2 aromatic rings. The summed E-state index contributed by atoms with van der Waals surface area (Å²) in [5.41, 5.74) is 1.84. The minimum atomic E-state index is -0.944. The highest BCUT2D eigenvalue weighted by Gasteiger charge is 2.30. The number of aromatic nitrogens is 3. The van der Waals surface area contributed by atoms with E-state index < -0.39 is 5.97 Å². The van der Waals surface area contributed by atoms with Crippen LogP contribution in [0.15, 0.2) is 17.0 Å². The van der Waals surface area contributed by atoms with Crippen molar-refractivity contribution in [1.82, 2.24) is 19.3 Å². The van der Waals surface area contributed by atoms with E-state index in [4.69, 9.17) is 5.11 Å². The van der Waals surface area contributed by atoms with Gasteiger partial charge in [0, 0.05) is 37.8 Å². The first-order valence-electron chi connectivity index (χ1n) is 7.46. The average Bonchev–Trinajstić information content (AvgIpc) is 3.10. The summed E-state index contributed by atoms with van der Waals surface area (Å²) in [4.78, 5) is 33.3. The molecule has 1 aliphatic rings. The molecule has 0 unspecified atom stereocenters. The summed E-state index contributed by atoms with van der Waals surface area (Å²) in [5, 5.41) is 8.69. The summed E-state index contributed by atoms with van der Waals surface area (Å²) < 4.78 is 2.77. The molecule has 8 heteroatoms. The van der Waals surface area contributed by atoms with Crippen LogP contribution < -0.4 is 0 Å². The van der Waals surface area contributed by atoms with Gasteiger partial charge in [-0.05, 0) is 29.3 Å². The van der Waals surface area contributed by atoms with E-state index in [1.54, 1.807) is 11.1 Å². The molecular formula is C15H17BrN4O3. The molecule has 1 saturated heterocycles. The van der Waals surface area contributed by atoms with E-state index in [0.29, 0.717) is 13.1 Å². The average molecular weight is 381 g/mol. The Morgan fingerprint density at radius 1 is 1.43 bits per heavy atom. The van der Waals surface area contributed by atoms with Gasteiger partial charge in [0.05, 0.1) is 12.1 Å². The highest BCUT2D eigenvalue weighted by molar-refractivity contribution is 9.10. The van der Waals surface area contributed by atoms with Crippen LogP contribution >= 0.6 is 15.9 Å². The minimum absolute atomic E-state index is 0.0527. The zero-order valence-electron chi connectivity index (χ0n) is 12.7. The number of imidazole rings is 1. The molecule has 0 bridgehead atoms. The van der Waals surface area contributed by atoms with E-state index >= 15 is 0 Å². The number of carboxylic acids is 1. The number of aryl methyl sites for hydroxylation is 1. The Balaban J connectivity index is 1.78. The van der Waals surface area contributed by atoms with Crippen molar-refractivity contribution in [1.29, 1.82) is 0 Å². The van der Waals surface area contributed by atoms with Gasteiger partial charge in [-0.3, -0.25) is 19.0 Å². The quantitative estimate of drug-likeness (QED) is 0.875. The fraction of sp³-hybridized carbons (Fsp3) is 0.467. The lowest BCUT2D eigenvalue weighted by Gasteiger charge is -2.15. The largest absolute Gasteiger partial charge is 0.481 e. The van der Waals surface area contributed by atoms with Gasteiger partial charge in [-0.2, -0.15) is 0 Å². The Labute approximate surface area is 141 Å². The van der Waals surface area contributed by atoms with Crippen LogP contribution in [0.25, 0.3) is 5.52 Å². The van der Waals surface area contributed by atoms with Gasteiger partial charge in [-0.1, -0.05) is 0 Å². The standard InChI is InChI=1S/C15H17BrN4O3/c1-9-13-14(16)18-15(20(13)7-5-17-9)10-4-6-19(8-10)11(21)2-3-12(22)23/h5,7,10H,2-4,6,8H2,1H3,(H,22,23)/t10-/m1/s1. The molecule has 0 spiro atoms. The number of halogens is 1. The molecule has 0 aliphatic carbocycles. The molecule has 1 N–H and O–H groups in total. The Morgan fingerprint density at radius 2 is 2.22 bits per heavy atom. The van der Waals surface area contributed by atoms with Crippen LogP contribution in [-0.2, 0) is 9.59 Å². The highest BCUT2D eigenvalue weighted by Crippen LogP contribution is 2.31. The smallest absolute Gasteiger partial charge is 0.303 e. The van der Waals surface area contributed by atoms with Crippen molar-refractivity contribution < 1.29 is 14.7 Å². The van der Waals surface area contributed by atoms with E-state index in [-0.39, 0.29) is 24.7 Å². The Bertz CT molecular complexity index is 773. The molecule has 0 radical (unpaired) electrons. The topological polar surface area (TPSA) is 87.8 Å². The van der Waals surface area contributed by atoms with Crippen LogP contribution in [0.5, 0.6) is 0 Å². The first kappa shape index (κ1) is 15.9. The zero-order valence-corrected chi connectivity index (χ0v) is 14.3. The molecule has 0 aromatic carbocycles. The Kier molecular flexibility index (Phi) is 4.34. The number of carboxylic acid groups (broad SMARTS) is 1. The van der Waals surface area contributed by atoms with Crippen LogP contribution in [-0.4, -0.2) is 49.3 Å². The first-order chi connectivity index (χ1) is 11.0. The lowest BCUT2D eigenvalue weighted by Crippen LogP contribution is -2.28. The van der Waals surface area contributed by atoms with Gasteiger partial charge in [0.2, 0.25) is 5.91 Å². The molecule has 7 nitrogen and oxygen atoms in total. The van der Waals surface area contributed by atoms with Gasteiger partial charge >= 0.3 is 5.97 Å². The van der Waals surface area contributed by atoms with Crippen LogP contribution in [0.4, 0.5) is 0 Å². The first-order valence-corrected chi connectivity index (χ1v) is 8.25. The van der Waals surface area contributed by atoms with Gasteiger partial charge in [0.25, 0.3) is 0 Å². The monoisotopic (exact) mass is 380 g/mol. The lowest BCUT2D eigenvalue weighted by molar-refractivity contribution is -0.140. The number of hydrogen-bond donors (Lipinski definition) is 1. The van der Waals surface area contributed by atoms with Crippen molar-refractivity contribution >= 4 is 33.3 Å². The van der Waals surface area contributed by atoms with Gasteiger partial charge in [0.15, 0.2) is 0 Å². The number of hydrogen-bond acceptors (Lipinski definition) is 4. The molecule has 2 aromatic heterocycles. The predicted octanol–water partition coefficient (Wildman–Crippen LogP) is 1.98. The fourth-order valence-corrected chi connectivity index (χ4v) is 3.69. The van der Waals surface area contributed by atoms with Crippen molar-refractivity contribution in [2.45, 2.75) is 32.1 Å². The van der Waals surface area contributed by atoms with Crippen LogP contribution in [0, 0.1) is 6.92 Å². The molecule has 3 heterocycles. The third-order valence-corrected chi connectivity index (χ3v) is 4.73. The maximum atomic E-state index is 12.1. The third-order valence-electron chi connectivity index (χ3n) is 4.18. The molecule has 1 amide bonds. The number of carbonyl (C=O) groups excluding carboxylic acids is 1. The molecule has 0 saturated carbocycles. The Morgan fingerprint density at radius 3 is 2.96 bits per heavy atom. The molecule has 23 heavy (non-hydrogen) atoms. The normalized spacial score (nSPS) is 17.8. The molecule has 1 fully saturated rings. The number of aliphatic carboxylic acids is 1. The van der Waals surface area contributed by atoms with E-state index in [9.17, 15) is 9.59 Å². The molecular weight excluding hydrogens is 364 g/mol. The summed E-state index contributed by atoms with van der Waals surface area (Å²) in [7, 11) is 0. The molecule has 3 rings (SSSR count). The number of nitrogens with zero attached hydrogens (tertiary/aromatic N) is 4. The number of carbonyl (C=O) groups is 2. The van der Waals surface area contributed by atoms with Crippen molar-refractivity contribution in [2.75, 3.05) is 13.1 Å². The van der Waals surface area contributed by atoms with E-state index in [0.717, 1.165) is 28.1 Å². The fourth-order valence-electron chi connectivity index (χ4n) is 3.03. The van der Waals surface area contributed by atoms with Crippen LogP contribution in [0.3, 0.4) is 0 Å². The van der Waals surface area contributed by atoms with Gasteiger partial charge in [-0.25, -0.2) is 4.98 Å². The van der Waals surface area contributed by atoms with Crippen molar-refractivity contribution in [3.05, 3.63) is 28.5 Å². The zero-order chi connectivity index (χ0) is 16.6. The van der Waals surface area contributed by atoms with Crippen molar-refractivity contribution in [3.63, 3.8) is 0 Å². The summed E-state index contributed by atoms with van der Waals surface area (Å²) >= 11 is 3.48. The van der Waals surface area contributed by atoms with Crippen LogP contribution in [0.1, 0.15) is 36.7 Å². The summed E-state index contributed by atoms with van der Waals surface area (Å²) in [6, 6.07) is 0. The van der Waals surface area contributed by atoms with Gasteiger partial charge in [-0.15, -0.1) is 0 Å². The second-order valence-electron chi connectivity index (χ2n) is 5.71. The summed E-state index contributed by atoms with van der Waals surface area (Å²) in [5.74, 6) is 0.00298. The van der Waals surface area contributed by atoms with Gasteiger partial charge < -0.3 is 10.0 Å². The Hall–Kier alpha value is -1.96. The predicted molar refractivity (Wildman–Crippen MR) is 86.2 cm³/mol. The number of rotatable bonds is 4. The molecule has 1 aliphatic heterocycles. The highest BCUT2D eigenvalue weighted by atomic mass is 79.9. The number of amides is 1. The maximum absolute atomic E-state index is 12.1. The van der Waals surface area contributed by atoms with E-state index in [1.165, 1.54) is 0 Å². The SMILES string of the molecule is Cc1nccn2c([C@@H]3CCN(C(=O)CCC(=O)O)C3)nc(Br)c12. The second kappa shape index (κ2) is 6.27. The van der Waals surface area contributed by atoms with E-state index in [2.05, 4.69) is 25.9 Å². The van der Waals surface area contributed by atoms with Crippen molar-refractivity contribution in [2.24, 2.45) is 0 Å². The van der Waals surface area contributed by atoms with Crippen molar-refractivity contribution in [3.8, 4) is 0 Å². The molecule has 122 valence electrons. The van der Waals surface area contributed by atoms with Crippen LogP contribution in [0.2, 0.25) is 0 Å². The molecule has 1 atom stereocenters.